The Morgan fingerprint density at radius 3 is 2.47 bits per heavy atom. The van der Waals surface area contributed by atoms with E-state index in [1.54, 1.807) is 0 Å². The van der Waals surface area contributed by atoms with Crippen molar-refractivity contribution in [3.63, 3.8) is 0 Å². The highest BCUT2D eigenvalue weighted by molar-refractivity contribution is 9.10. The zero-order chi connectivity index (χ0) is 13.8. The van der Waals surface area contributed by atoms with E-state index in [-0.39, 0.29) is 6.04 Å². The van der Waals surface area contributed by atoms with E-state index in [1.165, 1.54) is 52.4 Å². The second-order valence-electron chi connectivity index (χ2n) is 5.45. The van der Waals surface area contributed by atoms with Crippen LogP contribution in [0.2, 0.25) is 0 Å². The van der Waals surface area contributed by atoms with Gasteiger partial charge in [0.2, 0.25) is 0 Å². The Morgan fingerprint density at radius 1 is 1.16 bits per heavy atom. The first-order valence-electron chi connectivity index (χ1n) is 7.05. The average Bonchev–Trinajstić information content (AvgIpc) is 2.66. The van der Waals surface area contributed by atoms with E-state index in [1.807, 2.05) is 0 Å². The van der Waals surface area contributed by atoms with Gasteiger partial charge in [-0.1, -0.05) is 46.1 Å². The summed E-state index contributed by atoms with van der Waals surface area (Å²) in [5.41, 5.74) is 8.26. The van der Waals surface area contributed by atoms with Crippen LogP contribution in [0, 0.1) is 13.8 Å². The maximum Gasteiger partial charge on any atom is 0.0670 e. The summed E-state index contributed by atoms with van der Waals surface area (Å²) in [6.45, 7) is 4.27. The maximum atomic E-state index is 5.82. The van der Waals surface area contributed by atoms with Crippen molar-refractivity contribution in [2.24, 2.45) is 5.84 Å². The number of rotatable bonds is 3. The summed E-state index contributed by atoms with van der Waals surface area (Å²) in [5, 5.41) is 0. The topological polar surface area (TPSA) is 38.0 Å². The third-order valence-corrected chi connectivity index (χ3v) is 5.16. The molecule has 0 radical (unpaired) electrons. The van der Waals surface area contributed by atoms with Crippen LogP contribution in [0.25, 0.3) is 0 Å². The van der Waals surface area contributed by atoms with E-state index >= 15 is 0 Å². The minimum Gasteiger partial charge on any atom is -0.271 e. The molecule has 3 N–H and O–H groups in total. The summed E-state index contributed by atoms with van der Waals surface area (Å²) in [6.07, 6.45) is 8.63. The first kappa shape index (κ1) is 14.8. The highest BCUT2D eigenvalue weighted by Gasteiger charge is 2.17. The monoisotopic (exact) mass is 322 g/mol. The lowest BCUT2D eigenvalue weighted by Gasteiger charge is -2.21. The van der Waals surface area contributed by atoms with E-state index in [0.29, 0.717) is 0 Å². The highest BCUT2D eigenvalue weighted by Crippen LogP contribution is 2.32. The molecular weight excluding hydrogens is 300 g/mol. The predicted octanol–water partition coefficient (Wildman–Crippen LogP) is 4.46. The van der Waals surface area contributed by atoms with Crippen LogP contribution in [0.3, 0.4) is 0 Å². The second-order valence-corrected chi connectivity index (χ2v) is 6.24. The summed E-state index contributed by atoms with van der Waals surface area (Å²) in [7, 11) is 0. The molecule has 0 amide bonds. The van der Waals surface area contributed by atoms with Crippen molar-refractivity contribution in [3.05, 3.63) is 44.9 Å². The molecule has 0 spiro atoms. The molecule has 104 valence electrons. The fourth-order valence-corrected chi connectivity index (χ4v) is 3.09. The Hall–Kier alpha value is -0.640. The van der Waals surface area contributed by atoms with E-state index in [2.05, 4.69) is 53.4 Å². The number of allylic oxidation sites excluding steroid dienone is 1. The van der Waals surface area contributed by atoms with Crippen LogP contribution in [-0.2, 0) is 0 Å². The minimum atomic E-state index is 0.156. The summed E-state index contributed by atoms with van der Waals surface area (Å²) in [4.78, 5) is 0. The molecule has 0 fully saturated rings. The summed E-state index contributed by atoms with van der Waals surface area (Å²) >= 11 is 3.63. The zero-order valence-electron chi connectivity index (χ0n) is 11.8. The molecule has 1 aromatic rings. The number of nitrogens with two attached hydrogens (primary N) is 1. The smallest absolute Gasteiger partial charge is 0.0670 e. The third-order valence-electron chi connectivity index (χ3n) is 3.91. The number of halogens is 1. The van der Waals surface area contributed by atoms with Gasteiger partial charge >= 0.3 is 0 Å². The Bertz CT molecular complexity index is 457. The van der Waals surface area contributed by atoms with E-state index < -0.39 is 0 Å². The molecule has 0 saturated heterocycles. The van der Waals surface area contributed by atoms with E-state index in [9.17, 15) is 0 Å². The molecule has 0 aliphatic heterocycles. The first-order valence-corrected chi connectivity index (χ1v) is 7.84. The Kier molecular flexibility index (Phi) is 5.20. The average molecular weight is 323 g/mol. The molecule has 1 atom stereocenters. The van der Waals surface area contributed by atoms with Gasteiger partial charge in [-0.3, -0.25) is 5.84 Å². The van der Waals surface area contributed by atoms with Gasteiger partial charge in [-0.15, -0.1) is 0 Å². The van der Waals surface area contributed by atoms with Gasteiger partial charge < -0.3 is 0 Å². The van der Waals surface area contributed by atoms with Crippen molar-refractivity contribution in [1.29, 1.82) is 0 Å². The van der Waals surface area contributed by atoms with Crippen LogP contribution in [0.15, 0.2) is 28.3 Å². The normalized spacial score (nSPS) is 17.8. The SMILES string of the molecule is Cc1cc(C(NN)C2=CCCCCC2)cc(C)c1Br. The highest BCUT2D eigenvalue weighted by atomic mass is 79.9. The molecule has 1 aromatic carbocycles. The molecular formula is C16H23BrN2. The quantitative estimate of drug-likeness (QED) is 0.490. The van der Waals surface area contributed by atoms with Gasteiger partial charge in [0.25, 0.3) is 0 Å². The molecule has 3 heteroatoms. The Morgan fingerprint density at radius 2 is 1.84 bits per heavy atom. The van der Waals surface area contributed by atoms with E-state index in [0.717, 1.165) is 6.42 Å². The molecule has 19 heavy (non-hydrogen) atoms. The second kappa shape index (κ2) is 6.69. The van der Waals surface area contributed by atoms with Crippen molar-refractivity contribution in [3.8, 4) is 0 Å². The van der Waals surface area contributed by atoms with Crippen LogP contribution >= 0.6 is 15.9 Å². The van der Waals surface area contributed by atoms with Crippen molar-refractivity contribution in [2.75, 3.05) is 0 Å². The standard InChI is InChI=1S/C16H23BrN2/c1-11-9-14(10-12(2)15(11)17)16(19-18)13-7-5-3-4-6-8-13/h7,9-10,16,19H,3-6,8,18H2,1-2H3. The fourth-order valence-electron chi connectivity index (χ4n) is 2.87. The summed E-state index contributed by atoms with van der Waals surface area (Å²) < 4.78 is 1.20. The third kappa shape index (κ3) is 3.47. The van der Waals surface area contributed by atoms with Crippen LogP contribution in [0.4, 0.5) is 0 Å². The number of benzene rings is 1. The van der Waals surface area contributed by atoms with Crippen molar-refractivity contribution in [2.45, 2.75) is 52.0 Å². The lowest BCUT2D eigenvalue weighted by molar-refractivity contribution is 0.592. The van der Waals surface area contributed by atoms with Crippen molar-refractivity contribution in [1.82, 2.24) is 5.43 Å². The first-order chi connectivity index (χ1) is 9.13. The Labute approximate surface area is 124 Å². The number of hydrogen-bond acceptors (Lipinski definition) is 2. The lowest BCUT2D eigenvalue weighted by Crippen LogP contribution is -2.29. The van der Waals surface area contributed by atoms with Crippen LogP contribution in [0.1, 0.15) is 54.8 Å². The number of hydrazine groups is 1. The lowest BCUT2D eigenvalue weighted by atomic mass is 9.93. The molecule has 2 nitrogen and oxygen atoms in total. The van der Waals surface area contributed by atoms with Crippen LogP contribution < -0.4 is 11.3 Å². The number of nitrogens with one attached hydrogen (secondary N) is 1. The molecule has 0 aromatic heterocycles. The molecule has 0 bridgehead atoms. The summed E-state index contributed by atoms with van der Waals surface area (Å²) in [6, 6.07) is 4.62. The molecule has 0 saturated carbocycles. The molecule has 1 aliphatic carbocycles. The number of aryl methyl sites for hydroxylation is 2. The van der Waals surface area contributed by atoms with Gasteiger partial charge in [0.05, 0.1) is 6.04 Å². The van der Waals surface area contributed by atoms with Gasteiger partial charge in [0.15, 0.2) is 0 Å². The van der Waals surface area contributed by atoms with Crippen molar-refractivity contribution < 1.29 is 0 Å². The van der Waals surface area contributed by atoms with Gasteiger partial charge in [-0.2, -0.15) is 0 Å². The minimum absolute atomic E-state index is 0.156. The van der Waals surface area contributed by atoms with Gasteiger partial charge in [0, 0.05) is 4.47 Å². The molecule has 1 unspecified atom stereocenters. The molecule has 2 rings (SSSR count). The number of hydrogen-bond donors (Lipinski definition) is 2. The van der Waals surface area contributed by atoms with E-state index in [4.69, 9.17) is 5.84 Å². The predicted molar refractivity (Wildman–Crippen MR) is 84.8 cm³/mol. The Balaban J connectivity index is 2.33. The zero-order valence-corrected chi connectivity index (χ0v) is 13.4. The maximum absolute atomic E-state index is 5.82. The fraction of sp³-hybridized carbons (Fsp3) is 0.500. The van der Waals surface area contributed by atoms with Crippen LogP contribution in [-0.4, -0.2) is 0 Å². The molecule has 0 heterocycles. The summed E-state index contributed by atoms with van der Waals surface area (Å²) in [5.74, 6) is 5.82. The van der Waals surface area contributed by atoms with Gasteiger partial charge in [0.1, 0.15) is 0 Å². The largest absolute Gasteiger partial charge is 0.271 e. The van der Waals surface area contributed by atoms with Crippen LogP contribution in [0.5, 0.6) is 0 Å². The van der Waals surface area contributed by atoms with Gasteiger partial charge in [-0.05, 0) is 56.2 Å². The van der Waals surface area contributed by atoms with Crippen molar-refractivity contribution >= 4 is 15.9 Å². The molecule has 1 aliphatic rings. The van der Waals surface area contributed by atoms with Gasteiger partial charge in [-0.25, -0.2) is 5.43 Å².